The molecule has 0 aliphatic heterocycles. The number of nitrogens with two attached hydrogens (primary N) is 1. The van der Waals surface area contributed by atoms with E-state index in [1.54, 1.807) is 30.4 Å². The summed E-state index contributed by atoms with van der Waals surface area (Å²) < 4.78 is 14.7. The highest BCUT2D eigenvalue weighted by Gasteiger charge is 2.08. The second-order valence-electron chi connectivity index (χ2n) is 8.53. The van der Waals surface area contributed by atoms with Crippen molar-refractivity contribution in [3.05, 3.63) is 88.4 Å². The van der Waals surface area contributed by atoms with Gasteiger partial charge in [-0.3, -0.25) is 9.48 Å². The van der Waals surface area contributed by atoms with Gasteiger partial charge in [-0.25, -0.2) is 14.4 Å². The van der Waals surface area contributed by atoms with Crippen LogP contribution in [0.3, 0.4) is 0 Å². The zero-order valence-corrected chi connectivity index (χ0v) is 21.6. The van der Waals surface area contributed by atoms with Gasteiger partial charge in [0.05, 0.1) is 12.1 Å². The molecule has 4 N–H and O–H groups in total. The quantitative estimate of drug-likeness (QED) is 0.263. The first-order valence-electron chi connectivity index (χ1n) is 11.6. The van der Waals surface area contributed by atoms with E-state index in [0.29, 0.717) is 24.3 Å². The predicted octanol–water partition coefficient (Wildman–Crippen LogP) is 4.97. The number of anilines is 2. The van der Waals surface area contributed by atoms with Crippen molar-refractivity contribution in [2.75, 3.05) is 11.1 Å². The molecule has 0 radical (unpaired) electrons. The topological polar surface area (TPSA) is 111 Å². The summed E-state index contributed by atoms with van der Waals surface area (Å²) in [6.45, 7) is 4.88. The third kappa shape index (κ3) is 6.47. The van der Waals surface area contributed by atoms with Crippen LogP contribution in [0.25, 0.3) is 21.3 Å². The van der Waals surface area contributed by atoms with Gasteiger partial charge in [0.2, 0.25) is 6.41 Å². The molecule has 0 spiro atoms. The molecular formula is C27H28FN7OS. The van der Waals surface area contributed by atoms with Crippen molar-refractivity contribution in [2.45, 2.75) is 26.9 Å². The fourth-order valence-electron chi connectivity index (χ4n) is 3.72. The largest absolute Gasteiger partial charge is 0.383 e. The Balaban J connectivity index is 0.000000225. The van der Waals surface area contributed by atoms with Gasteiger partial charge in [0.25, 0.3) is 0 Å². The molecule has 0 aliphatic rings. The Morgan fingerprint density at radius 1 is 1.05 bits per heavy atom. The van der Waals surface area contributed by atoms with E-state index in [1.165, 1.54) is 22.1 Å². The molecule has 8 nitrogen and oxygen atoms in total. The Morgan fingerprint density at radius 3 is 2.62 bits per heavy atom. The molecule has 0 aliphatic carbocycles. The van der Waals surface area contributed by atoms with Gasteiger partial charge in [0, 0.05) is 40.5 Å². The lowest BCUT2D eigenvalue weighted by Gasteiger charge is -2.03. The maximum atomic E-state index is 12.9. The van der Waals surface area contributed by atoms with Gasteiger partial charge in [0.1, 0.15) is 18.0 Å². The number of nitrogens with one attached hydrogen (secondary N) is 2. The Kier molecular flexibility index (Phi) is 8.09. The van der Waals surface area contributed by atoms with Crippen molar-refractivity contribution in [1.29, 1.82) is 0 Å². The minimum atomic E-state index is -0.236. The standard InChI is InChI=1S/C18H18N6S.C9H10FNO/c1-11-9-24(2)23-18(11)20-8-13-4-6-16(25-13)12-3-5-15-14(7-12)17(19)22-10-21-15;1-7-2-3-8(4-9(7)10)5-11-6-12/h3-7,9-10H,8H2,1-2H3,(H,20,23)(H2,19,21,22);2-4,6H,5H2,1H3,(H,11,12). The number of nitrogens with zero attached hydrogens (tertiary/aromatic N) is 4. The van der Waals surface area contributed by atoms with Gasteiger partial charge in [-0.1, -0.05) is 18.2 Å². The number of benzene rings is 2. The summed E-state index contributed by atoms with van der Waals surface area (Å²) in [5.41, 5.74) is 10.5. The van der Waals surface area contributed by atoms with Crippen LogP contribution in [-0.4, -0.2) is 26.2 Å². The van der Waals surface area contributed by atoms with Crippen LogP contribution in [0.1, 0.15) is 21.6 Å². The molecule has 0 unspecified atom stereocenters. The molecular weight excluding hydrogens is 489 g/mol. The van der Waals surface area contributed by atoms with Gasteiger partial charge in [-0.05, 0) is 60.9 Å². The summed E-state index contributed by atoms with van der Waals surface area (Å²) in [4.78, 5) is 20.7. The summed E-state index contributed by atoms with van der Waals surface area (Å²) in [6, 6.07) is 15.3. The Bertz CT molecular complexity index is 1530. The van der Waals surface area contributed by atoms with Gasteiger partial charge in [-0.15, -0.1) is 11.3 Å². The summed E-state index contributed by atoms with van der Waals surface area (Å²) >= 11 is 1.75. The third-order valence-corrected chi connectivity index (χ3v) is 6.81. The second kappa shape index (κ2) is 11.6. The third-order valence-electron chi connectivity index (χ3n) is 5.68. The molecule has 10 heteroatoms. The molecule has 0 saturated heterocycles. The van der Waals surface area contributed by atoms with Crippen LogP contribution in [0.15, 0.2) is 61.1 Å². The number of aryl methyl sites for hydroxylation is 3. The van der Waals surface area contributed by atoms with Crippen molar-refractivity contribution < 1.29 is 9.18 Å². The molecule has 5 aromatic rings. The molecule has 0 bridgehead atoms. The predicted molar refractivity (Wildman–Crippen MR) is 147 cm³/mol. The number of carbonyl (C=O) groups excluding carboxylic acids is 1. The number of fused-ring (bicyclic) bond motifs is 1. The zero-order chi connectivity index (χ0) is 26.4. The molecule has 190 valence electrons. The van der Waals surface area contributed by atoms with Crippen LogP contribution < -0.4 is 16.4 Å². The van der Waals surface area contributed by atoms with Crippen molar-refractivity contribution in [1.82, 2.24) is 25.1 Å². The van der Waals surface area contributed by atoms with Gasteiger partial charge in [0.15, 0.2) is 5.82 Å². The van der Waals surface area contributed by atoms with Crippen LogP contribution in [0.2, 0.25) is 0 Å². The second-order valence-corrected chi connectivity index (χ2v) is 9.70. The maximum Gasteiger partial charge on any atom is 0.207 e. The highest BCUT2D eigenvalue weighted by atomic mass is 32.1. The number of thiophene rings is 1. The van der Waals surface area contributed by atoms with Crippen LogP contribution in [0, 0.1) is 19.7 Å². The maximum absolute atomic E-state index is 12.9. The van der Waals surface area contributed by atoms with Crippen molar-refractivity contribution in [3.8, 4) is 10.4 Å². The first-order valence-corrected chi connectivity index (χ1v) is 12.4. The van der Waals surface area contributed by atoms with E-state index in [4.69, 9.17) is 5.73 Å². The first kappa shape index (κ1) is 25.8. The fourth-order valence-corrected chi connectivity index (χ4v) is 4.66. The number of nitrogen functional groups attached to an aromatic ring is 1. The lowest BCUT2D eigenvalue weighted by molar-refractivity contribution is -0.109. The average Bonchev–Trinajstić information content (AvgIpc) is 3.49. The number of amides is 1. The van der Waals surface area contributed by atoms with Crippen molar-refractivity contribution in [2.24, 2.45) is 7.05 Å². The number of hydrogen-bond acceptors (Lipinski definition) is 7. The highest BCUT2D eigenvalue weighted by molar-refractivity contribution is 7.15. The number of hydrogen-bond donors (Lipinski definition) is 3. The van der Waals surface area contributed by atoms with Crippen LogP contribution >= 0.6 is 11.3 Å². The van der Waals surface area contributed by atoms with Crippen LogP contribution in [0.4, 0.5) is 16.0 Å². The molecule has 0 saturated carbocycles. The van der Waals surface area contributed by atoms with E-state index in [9.17, 15) is 9.18 Å². The number of rotatable bonds is 7. The number of carbonyl (C=O) groups is 1. The van der Waals surface area contributed by atoms with Gasteiger partial charge < -0.3 is 16.4 Å². The van der Waals surface area contributed by atoms with Crippen LogP contribution in [0.5, 0.6) is 0 Å². The SMILES string of the molecule is Cc1ccc(CNC=O)cc1F.Cc1cn(C)nc1NCc1ccc(-c2ccc3ncnc(N)c3c2)s1. The molecule has 2 aromatic carbocycles. The normalized spacial score (nSPS) is 10.6. The van der Waals surface area contributed by atoms with Crippen LogP contribution in [-0.2, 0) is 24.9 Å². The smallest absolute Gasteiger partial charge is 0.207 e. The van der Waals surface area contributed by atoms with E-state index in [-0.39, 0.29) is 5.82 Å². The summed E-state index contributed by atoms with van der Waals surface area (Å²) in [5, 5.41) is 11.2. The molecule has 3 aromatic heterocycles. The molecule has 37 heavy (non-hydrogen) atoms. The van der Waals surface area contributed by atoms with E-state index in [1.807, 2.05) is 24.0 Å². The van der Waals surface area contributed by atoms with E-state index in [2.05, 4.69) is 56.9 Å². The monoisotopic (exact) mass is 517 g/mol. The molecule has 5 rings (SSSR count). The molecule has 0 atom stereocenters. The van der Waals surface area contributed by atoms with E-state index >= 15 is 0 Å². The summed E-state index contributed by atoms with van der Waals surface area (Å²) in [7, 11) is 1.93. The number of aromatic nitrogens is 4. The minimum Gasteiger partial charge on any atom is -0.383 e. The molecule has 0 fully saturated rings. The Labute approximate surface area is 218 Å². The lowest BCUT2D eigenvalue weighted by atomic mass is 10.1. The van der Waals surface area contributed by atoms with E-state index in [0.717, 1.165) is 40.0 Å². The minimum absolute atomic E-state index is 0.236. The summed E-state index contributed by atoms with van der Waals surface area (Å²) in [6.07, 6.45) is 4.09. The summed E-state index contributed by atoms with van der Waals surface area (Å²) in [5.74, 6) is 1.20. The molecule has 3 heterocycles. The molecule has 1 amide bonds. The van der Waals surface area contributed by atoms with Gasteiger partial charge in [-0.2, -0.15) is 5.10 Å². The van der Waals surface area contributed by atoms with E-state index < -0.39 is 0 Å². The first-order chi connectivity index (χ1) is 17.8. The highest BCUT2D eigenvalue weighted by Crippen LogP contribution is 2.31. The number of halogens is 1. The average molecular weight is 518 g/mol. The Morgan fingerprint density at radius 2 is 1.89 bits per heavy atom. The zero-order valence-electron chi connectivity index (χ0n) is 20.8. The van der Waals surface area contributed by atoms with Crippen molar-refractivity contribution in [3.63, 3.8) is 0 Å². The fraction of sp³-hybridized carbons (Fsp3) is 0.185. The van der Waals surface area contributed by atoms with Crippen molar-refractivity contribution >= 4 is 40.3 Å². The van der Waals surface area contributed by atoms with Gasteiger partial charge >= 0.3 is 0 Å². The lowest BCUT2D eigenvalue weighted by Crippen LogP contribution is -2.09. The Hall–Kier alpha value is -4.31.